The minimum absolute atomic E-state index is 0.0218. The number of benzene rings is 3. The van der Waals surface area contributed by atoms with E-state index >= 15 is 0 Å². The number of hydrogen-bond donors (Lipinski definition) is 1. The van der Waals surface area contributed by atoms with E-state index in [4.69, 9.17) is 11.6 Å². The molecule has 0 aliphatic heterocycles. The molecule has 10 heteroatoms. The van der Waals surface area contributed by atoms with E-state index in [1.807, 2.05) is 0 Å². The minimum Gasteiger partial charge on any atom is -0.322 e. The van der Waals surface area contributed by atoms with Crippen LogP contribution in [0, 0.1) is 15.9 Å². The molecule has 0 radical (unpaired) electrons. The summed E-state index contributed by atoms with van der Waals surface area (Å²) in [7, 11) is 0. The second-order valence-corrected chi connectivity index (χ2v) is 6.87. The molecule has 0 saturated carbocycles. The van der Waals surface area contributed by atoms with Crippen molar-refractivity contribution < 1.29 is 14.1 Å². The first kappa shape index (κ1) is 20.2. The Balaban J connectivity index is 1.50. The molecular weight excluding hydrogens is 425 g/mol. The summed E-state index contributed by atoms with van der Waals surface area (Å²) in [5, 5.41) is 22.4. The molecule has 0 unspecified atom stereocenters. The maximum Gasteiger partial charge on any atom is 0.288 e. The van der Waals surface area contributed by atoms with Gasteiger partial charge >= 0.3 is 0 Å². The summed E-state index contributed by atoms with van der Waals surface area (Å²) >= 11 is 5.78. The highest BCUT2D eigenvalue weighted by molar-refractivity contribution is 6.32. The smallest absolute Gasteiger partial charge is 0.288 e. The molecule has 1 N–H and O–H groups in total. The van der Waals surface area contributed by atoms with Crippen LogP contribution in [0.4, 0.5) is 15.8 Å². The van der Waals surface area contributed by atoms with E-state index < -0.39 is 10.8 Å². The zero-order valence-electron chi connectivity index (χ0n) is 15.7. The third kappa shape index (κ3) is 4.57. The number of aromatic nitrogens is 3. The van der Waals surface area contributed by atoms with Gasteiger partial charge in [0, 0.05) is 17.8 Å². The molecule has 0 saturated heterocycles. The van der Waals surface area contributed by atoms with E-state index in [1.54, 1.807) is 36.4 Å². The summed E-state index contributed by atoms with van der Waals surface area (Å²) in [6.07, 6.45) is 2.70. The molecule has 0 aliphatic rings. The van der Waals surface area contributed by atoms with Crippen molar-refractivity contribution in [3.63, 3.8) is 0 Å². The second-order valence-electron chi connectivity index (χ2n) is 6.46. The van der Waals surface area contributed by atoms with E-state index in [-0.39, 0.29) is 16.5 Å². The topological polar surface area (TPSA) is 103 Å². The number of amides is 1. The van der Waals surface area contributed by atoms with Gasteiger partial charge in [-0.05, 0) is 60.2 Å². The Bertz CT molecular complexity index is 1330. The Morgan fingerprint density at radius 3 is 2.55 bits per heavy atom. The Hall–Kier alpha value is -4.11. The SMILES string of the molecule is O=C(/C=C/c1ccc(Cl)c([N+](=O)[O-])c1)Nc1ccc2nn(-c3ccc(F)cc3)nc2c1. The van der Waals surface area contributed by atoms with Crippen molar-refractivity contribution >= 4 is 46.0 Å². The third-order valence-electron chi connectivity index (χ3n) is 4.30. The van der Waals surface area contributed by atoms with Crippen molar-refractivity contribution in [1.29, 1.82) is 0 Å². The van der Waals surface area contributed by atoms with Crippen LogP contribution in [-0.2, 0) is 4.79 Å². The van der Waals surface area contributed by atoms with Crippen molar-refractivity contribution in [3.05, 3.63) is 93.3 Å². The fraction of sp³-hybridized carbons (Fsp3) is 0. The number of nitro benzene ring substituents is 1. The van der Waals surface area contributed by atoms with E-state index in [0.717, 1.165) is 0 Å². The minimum atomic E-state index is -0.589. The van der Waals surface area contributed by atoms with Crippen LogP contribution in [0.5, 0.6) is 0 Å². The van der Waals surface area contributed by atoms with Crippen LogP contribution >= 0.6 is 11.6 Å². The zero-order valence-corrected chi connectivity index (χ0v) is 16.5. The van der Waals surface area contributed by atoms with Gasteiger partial charge < -0.3 is 5.32 Å². The Morgan fingerprint density at radius 2 is 1.81 bits per heavy atom. The van der Waals surface area contributed by atoms with E-state index in [1.165, 1.54) is 41.2 Å². The molecule has 0 fully saturated rings. The van der Waals surface area contributed by atoms with Gasteiger partial charge in [-0.2, -0.15) is 4.80 Å². The van der Waals surface area contributed by atoms with Crippen LogP contribution in [0.2, 0.25) is 5.02 Å². The van der Waals surface area contributed by atoms with E-state index in [0.29, 0.717) is 28.0 Å². The summed E-state index contributed by atoms with van der Waals surface area (Å²) in [6.45, 7) is 0. The number of nitrogens with zero attached hydrogens (tertiary/aromatic N) is 4. The van der Waals surface area contributed by atoms with Crippen LogP contribution < -0.4 is 5.32 Å². The highest BCUT2D eigenvalue weighted by Crippen LogP contribution is 2.25. The number of fused-ring (bicyclic) bond motifs is 1. The fourth-order valence-electron chi connectivity index (χ4n) is 2.81. The molecule has 4 aromatic rings. The van der Waals surface area contributed by atoms with E-state index in [9.17, 15) is 19.3 Å². The number of carbonyl (C=O) groups excluding carboxylic acids is 1. The lowest BCUT2D eigenvalue weighted by Gasteiger charge is -2.01. The molecule has 0 spiro atoms. The van der Waals surface area contributed by atoms with Gasteiger partial charge in [0.05, 0.1) is 10.6 Å². The third-order valence-corrected chi connectivity index (χ3v) is 4.62. The Labute approximate surface area is 179 Å². The largest absolute Gasteiger partial charge is 0.322 e. The molecule has 1 heterocycles. The molecule has 154 valence electrons. The molecule has 1 aromatic heterocycles. The molecule has 0 atom stereocenters. The number of nitro groups is 1. The first-order valence-electron chi connectivity index (χ1n) is 8.95. The van der Waals surface area contributed by atoms with Crippen molar-refractivity contribution in [2.24, 2.45) is 0 Å². The van der Waals surface area contributed by atoms with Crippen molar-refractivity contribution in [3.8, 4) is 5.69 Å². The highest BCUT2D eigenvalue weighted by Gasteiger charge is 2.12. The Morgan fingerprint density at radius 1 is 1.06 bits per heavy atom. The maximum absolute atomic E-state index is 13.1. The van der Waals surface area contributed by atoms with Crippen LogP contribution in [0.3, 0.4) is 0 Å². The molecule has 0 bridgehead atoms. The lowest BCUT2D eigenvalue weighted by molar-refractivity contribution is -0.384. The van der Waals surface area contributed by atoms with Gasteiger partial charge in [-0.1, -0.05) is 17.7 Å². The predicted octanol–water partition coefficient (Wildman–Crippen LogP) is 4.77. The summed E-state index contributed by atoms with van der Waals surface area (Å²) < 4.78 is 13.1. The van der Waals surface area contributed by atoms with Crippen molar-refractivity contribution in [2.45, 2.75) is 0 Å². The van der Waals surface area contributed by atoms with Crippen LogP contribution in [0.1, 0.15) is 5.56 Å². The van der Waals surface area contributed by atoms with Crippen molar-refractivity contribution in [2.75, 3.05) is 5.32 Å². The quantitative estimate of drug-likeness (QED) is 0.275. The van der Waals surface area contributed by atoms with Crippen LogP contribution in [0.25, 0.3) is 22.8 Å². The summed E-state index contributed by atoms with van der Waals surface area (Å²) in [5.74, 6) is -0.783. The van der Waals surface area contributed by atoms with Gasteiger partial charge in [0.2, 0.25) is 5.91 Å². The summed E-state index contributed by atoms with van der Waals surface area (Å²) in [4.78, 5) is 24.0. The van der Waals surface area contributed by atoms with Crippen LogP contribution in [-0.4, -0.2) is 25.8 Å². The highest BCUT2D eigenvalue weighted by atomic mass is 35.5. The van der Waals surface area contributed by atoms with E-state index in [2.05, 4.69) is 15.5 Å². The average molecular weight is 438 g/mol. The molecule has 0 aliphatic carbocycles. The lowest BCUT2D eigenvalue weighted by Crippen LogP contribution is -2.07. The second kappa shape index (κ2) is 8.33. The predicted molar refractivity (Wildman–Crippen MR) is 115 cm³/mol. The number of carbonyl (C=O) groups is 1. The monoisotopic (exact) mass is 437 g/mol. The van der Waals surface area contributed by atoms with Crippen molar-refractivity contribution in [1.82, 2.24) is 15.0 Å². The zero-order chi connectivity index (χ0) is 22.0. The van der Waals surface area contributed by atoms with Gasteiger partial charge in [0.15, 0.2) is 0 Å². The fourth-order valence-corrected chi connectivity index (χ4v) is 3.00. The number of hydrogen-bond acceptors (Lipinski definition) is 5. The summed E-state index contributed by atoms with van der Waals surface area (Å²) in [6, 6.07) is 15.0. The first-order valence-corrected chi connectivity index (χ1v) is 9.33. The molecule has 1 amide bonds. The van der Waals surface area contributed by atoms with Gasteiger partial charge in [0.1, 0.15) is 21.9 Å². The molecule has 3 aromatic carbocycles. The van der Waals surface area contributed by atoms with Gasteiger partial charge in [0.25, 0.3) is 5.69 Å². The number of nitrogens with one attached hydrogen (secondary N) is 1. The molecule has 4 rings (SSSR count). The maximum atomic E-state index is 13.1. The molecular formula is C21H13ClFN5O3. The first-order chi connectivity index (χ1) is 14.9. The number of halogens is 2. The van der Waals surface area contributed by atoms with Gasteiger partial charge in [-0.3, -0.25) is 14.9 Å². The number of anilines is 1. The number of rotatable bonds is 5. The normalized spacial score (nSPS) is 11.2. The van der Waals surface area contributed by atoms with Crippen LogP contribution in [0.15, 0.2) is 66.7 Å². The van der Waals surface area contributed by atoms with Gasteiger partial charge in [-0.25, -0.2) is 4.39 Å². The molecule has 31 heavy (non-hydrogen) atoms. The Kier molecular flexibility index (Phi) is 5.42. The molecule has 8 nitrogen and oxygen atoms in total. The standard InChI is InChI=1S/C21H13ClFN5O3/c22-17-8-1-13(11-20(17)28(30)31)2-10-21(29)24-15-5-9-18-19(12-15)26-27(25-18)16-6-3-14(23)4-7-16/h1-12H,(H,24,29)/b10-2+. The average Bonchev–Trinajstić information content (AvgIpc) is 3.17. The lowest BCUT2D eigenvalue weighted by atomic mass is 10.2. The van der Waals surface area contributed by atoms with Gasteiger partial charge in [-0.15, -0.1) is 10.2 Å². The summed E-state index contributed by atoms with van der Waals surface area (Å²) in [5.41, 5.74) is 2.47.